The van der Waals surface area contributed by atoms with Crippen LogP contribution in [0.2, 0.25) is 0 Å². The first-order valence-corrected chi connectivity index (χ1v) is 8.33. The number of urea groups is 1. The number of carboxylic acids is 1. The molecule has 116 valence electrons. The molecule has 21 heavy (non-hydrogen) atoms. The summed E-state index contributed by atoms with van der Waals surface area (Å²) in [5.41, 5.74) is 0.871. The second kappa shape index (κ2) is 7.63. The number of carbonyl (C=O) groups is 2. The maximum atomic E-state index is 11.6. The highest BCUT2D eigenvalue weighted by Crippen LogP contribution is 1.99. The van der Waals surface area contributed by atoms with Crippen LogP contribution in [0.5, 0.6) is 0 Å². The molecule has 1 unspecified atom stereocenters. The second-order valence-electron chi connectivity index (χ2n) is 4.62. The van der Waals surface area contributed by atoms with E-state index in [1.165, 1.54) is 0 Å². The van der Waals surface area contributed by atoms with Gasteiger partial charge in [0.15, 0.2) is 0 Å². The van der Waals surface area contributed by atoms with E-state index in [4.69, 9.17) is 5.11 Å². The Morgan fingerprint density at radius 2 is 1.86 bits per heavy atom. The van der Waals surface area contributed by atoms with E-state index >= 15 is 0 Å². The Kier molecular flexibility index (Phi) is 6.16. The Hall–Kier alpha value is -2.09. The summed E-state index contributed by atoms with van der Waals surface area (Å²) >= 11 is 0. The number of hydrogen-bond acceptors (Lipinski definition) is 4. The van der Waals surface area contributed by atoms with E-state index in [1.54, 1.807) is 0 Å². The topological polar surface area (TPSA) is 113 Å². The Bertz CT molecular complexity index is 586. The first kappa shape index (κ1) is 17.0. The molecule has 3 N–H and O–H groups in total. The Labute approximate surface area is 123 Å². The number of benzene rings is 1. The lowest BCUT2D eigenvalue weighted by Gasteiger charge is -2.14. The number of aliphatic carboxylic acids is 1. The molecule has 2 amide bonds. The summed E-state index contributed by atoms with van der Waals surface area (Å²) in [5, 5.41) is 13.7. The van der Waals surface area contributed by atoms with Crippen LogP contribution in [0.1, 0.15) is 12.0 Å². The lowest BCUT2D eigenvalue weighted by Crippen LogP contribution is -2.46. The van der Waals surface area contributed by atoms with E-state index < -0.39 is 27.9 Å². The third-order valence-corrected chi connectivity index (χ3v) is 3.65. The number of amides is 2. The molecule has 0 saturated heterocycles. The van der Waals surface area contributed by atoms with E-state index in [-0.39, 0.29) is 18.7 Å². The minimum atomic E-state index is -3.28. The lowest BCUT2D eigenvalue weighted by molar-refractivity contribution is -0.139. The molecule has 0 spiro atoms. The highest BCUT2D eigenvalue weighted by molar-refractivity contribution is 7.90. The van der Waals surface area contributed by atoms with Crippen molar-refractivity contribution >= 4 is 21.8 Å². The van der Waals surface area contributed by atoms with Crippen LogP contribution in [-0.4, -0.2) is 43.6 Å². The van der Waals surface area contributed by atoms with Gasteiger partial charge in [-0.2, -0.15) is 0 Å². The summed E-state index contributed by atoms with van der Waals surface area (Å²) in [6.07, 6.45) is 0.842. The molecule has 0 radical (unpaired) electrons. The molecule has 0 aromatic heterocycles. The zero-order chi connectivity index (χ0) is 15.9. The van der Waals surface area contributed by atoms with Crippen molar-refractivity contribution in [2.75, 3.05) is 12.0 Å². The zero-order valence-electron chi connectivity index (χ0n) is 11.6. The predicted molar refractivity (Wildman–Crippen MR) is 77.6 cm³/mol. The summed E-state index contributed by atoms with van der Waals surface area (Å²) in [6.45, 7) is 0.255. The molecule has 0 aliphatic heterocycles. The molecular formula is C13H18N2O5S. The van der Waals surface area contributed by atoms with Crippen LogP contribution in [-0.2, 0) is 21.2 Å². The highest BCUT2D eigenvalue weighted by Gasteiger charge is 2.21. The van der Waals surface area contributed by atoms with Crippen LogP contribution < -0.4 is 10.6 Å². The lowest BCUT2D eigenvalue weighted by atomic mass is 10.2. The number of hydrogen-bond donors (Lipinski definition) is 3. The number of nitrogens with one attached hydrogen (secondary N) is 2. The Morgan fingerprint density at radius 3 is 2.38 bits per heavy atom. The van der Waals surface area contributed by atoms with Crippen LogP contribution >= 0.6 is 0 Å². The van der Waals surface area contributed by atoms with Crippen LogP contribution in [0, 0.1) is 0 Å². The van der Waals surface area contributed by atoms with Gasteiger partial charge in [-0.1, -0.05) is 30.3 Å². The fraction of sp³-hybridized carbons (Fsp3) is 0.385. The van der Waals surface area contributed by atoms with Gasteiger partial charge in [-0.25, -0.2) is 18.0 Å². The molecule has 0 bridgehead atoms. The van der Waals surface area contributed by atoms with Gasteiger partial charge in [0.25, 0.3) is 0 Å². The molecule has 1 aromatic rings. The van der Waals surface area contributed by atoms with E-state index in [0.29, 0.717) is 0 Å². The minimum absolute atomic E-state index is 0.174. The van der Waals surface area contributed by atoms with Crippen molar-refractivity contribution in [3.8, 4) is 0 Å². The molecule has 1 aromatic carbocycles. The molecule has 0 saturated carbocycles. The average molecular weight is 314 g/mol. The first-order chi connectivity index (χ1) is 9.78. The van der Waals surface area contributed by atoms with Gasteiger partial charge in [-0.3, -0.25) is 0 Å². The molecular weight excluding hydrogens is 296 g/mol. The van der Waals surface area contributed by atoms with Crippen LogP contribution in [0.3, 0.4) is 0 Å². The molecule has 1 atom stereocenters. The smallest absolute Gasteiger partial charge is 0.326 e. The van der Waals surface area contributed by atoms with Gasteiger partial charge in [0.2, 0.25) is 0 Å². The highest BCUT2D eigenvalue weighted by atomic mass is 32.2. The van der Waals surface area contributed by atoms with Gasteiger partial charge in [-0.05, 0) is 12.0 Å². The van der Waals surface area contributed by atoms with Gasteiger partial charge in [-0.15, -0.1) is 0 Å². The maximum Gasteiger partial charge on any atom is 0.326 e. The van der Waals surface area contributed by atoms with Crippen LogP contribution in [0.4, 0.5) is 4.79 Å². The van der Waals surface area contributed by atoms with Gasteiger partial charge in [0.1, 0.15) is 15.9 Å². The molecule has 8 heteroatoms. The second-order valence-corrected chi connectivity index (χ2v) is 6.88. The summed E-state index contributed by atoms with van der Waals surface area (Å²) in [4.78, 5) is 22.6. The van der Waals surface area contributed by atoms with Crippen molar-refractivity contribution in [3.05, 3.63) is 35.9 Å². The molecule has 0 fully saturated rings. The molecule has 0 aliphatic rings. The van der Waals surface area contributed by atoms with Crippen molar-refractivity contribution in [2.45, 2.75) is 19.0 Å². The largest absolute Gasteiger partial charge is 0.480 e. The summed E-state index contributed by atoms with van der Waals surface area (Å²) in [5.74, 6) is -1.57. The van der Waals surface area contributed by atoms with Crippen molar-refractivity contribution in [2.24, 2.45) is 0 Å². The molecule has 1 rings (SSSR count). The SMILES string of the molecule is CS(=O)(=O)CCC(NC(=O)NCc1ccccc1)C(=O)O. The van der Waals surface area contributed by atoms with Crippen LogP contribution in [0.15, 0.2) is 30.3 Å². The number of rotatable bonds is 7. The number of carbonyl (C=O) groups excluding carboxylic acids is 1. The minimum Gasteiger partial charge on any atom is -0.480 e. The molecule has 7 nitrogen and oxygen atoms in total. The third kappa shape index (κ3) is 7.31. The maximum absolute atomic E-state index is 11.6. The fourth-order valence-corrected chi connectivity index (χ4v) is 2.24. The monoisotopic (exact) mass is 314 g/mol. The molecule has 0 aliphatic carbocycles. The van der Waals surface area contributed by atoms with Crippen molar-refractivity contribution in [1.29, 1.82) is 0 Å². The van der Waals surface area contributed by atoms with Gasteiger partial charge < -0.3 is 15.7 Å². The van der Waals surface area contributed by atoms with Crippen molar-refractivity contribution < 1.29 is 23.1 Å². The third-order valence-electron chi connectivity index (χ3n) is 2.68. The van der Waals surface area contributed by atoms with Gasteiger partial charge in [0.05, 0.1) is 5.75 Å². The van der Waals surface area contributed by atoms with Crippen molar-refractivity contribution in [3.63, 3.8) is 0 Å². The van der Waals surface area contributed by atoms with Gasteiger partial charge >= 0.3 is 12.0 Å². The van der Waals surface area contributed by atoms with E-state index in [9.17, 15) is 18.0 Å². The van der Waals surface area contributed by atoms with E-state index in [1.807, 2.05) is 30.3 Å². The predicted octanol–water partition coefficient (Wildman–Crippen LogP) is 0.374. The molecule has 0 heterocycles. The quantitative estimate of drug-likeness (QED) is 0.673. The number of carboxylic acid groups (broad SMARTS) is 1. The normalized spacial score (nSPS) is 12.4. The standard InChI is InChI=1S/C13H18N2O5S/c1-21(19,20)8-7-11(12(16)17)15-13(18)14-9-10-5-3-2-4-6-10/h2-6,11H,7-9H2,1H3,(H,16,17)(H2,14,15,18). The Morgan fingerprint density at radius 1 is 1.24 bits per heavy atom. The van der Waals surface area contributed by atoms with Crippen LogP contribution in [0.25, 0.3) is 0 Å². The van der Waals surface area contributed by atoms with Gasteiger partial charge in [0, 0.05) is 12.8 Å². The average Bonchev–Trinajstić information content (AvgIpc) is 2.41. The number of sulfone groups is 1. The summed E-state index contributed by atoms with van der Waals surface area (Å²) in [6, 6.07) is 7.23. The van der Waals surface area contributed by atoms with E-state index in [2.05, 4.69) is 10.6 Å². The zero-order valence-corrected chi connectivity index (χ0v) is 12.4. The van der Waals surface area contributed by atoms with Crippen molar-refractivity contribution in [1.82, 2.24) is 10.6 Å². The van der Waals surface area contributed by atoms with E-state index in [0.717, 1.165) is 11.8 Å². The summed E-state index contributed by atoms with van der Waals surface area (Å²) in [7, 11) is -3.28. The summed E-state index contributed by atoms with van der Waals surface area (Å²) < 4.78 is 22.1. The first-order valence-electron chi connectivity index (χ1n) is 6.27. The fourth-order valence-electron chi connectivity index (χ4n) is 1.58. The Balaban J connectivity index is 2.47.